The third-order valence-electron chi connectivity index (χ3n) is 4.85. The number of nitrogens with one attached hydrogen (secondary N) is 2. The first-order chi connectivity index (χ1) is 14.3. The molecule has 0 unspecified atom stereocenters. The molecule has 5 rings (SSSR count). The Labute approximate surface area is 167 Å². The van der Waals surface area contributed by atoms with E-state index in [1.807, 2.05) is 48.5 Å². The SMILES string of the molecule is Fc1ccc(-c2[nH]c3nccc(Nc4ccccc4)c3c2-c2ccncc2)cc1. The molecule has 29 heavy (non-hydrogen) atoms. The van der Waals surface area contributed by atoms with E-state index in [0.29, 0.717) is 0 Å². The monoisotopic (exact) mass is 380 g/mol. The third-order valence-corrected chi connectivity index (χ3v) is 4.85. The van der Waals surface area contributed by atoms with E-state index in [0.717, 1.165) is 44.8 Å². The lowest BCUT2D eigenvalue weighted by atomic mass is 9.99. The number of fused-ring (bicyclic) bond motifs is 1. The largest absolute Gasteiger partial charge is 0.355 e. The van der Waals surface area contributed by atoms with Gasteiger partial charge >= 0.3 is 0 Å². The van der Waals surface area contributed by atoms with Crippen molar-refractivity contribution in [3.05, 3.63) is 97.2 Å². The van der Waals surface area contributed by atoms with Crippen molar-refractivity contribution < 1.29 is 4.39 Å². The van der Waals surface area contributed by atoms with Gasteiger partial charge in [-0.15, -0.1) is 0 Å². The molecule has 5 heteroatoms. The highest BCUT2D eigenvalue weighted by atomic mass is 19.1. The number of aromatic nitrogens is 3. The first-order valence-corrected chi connectivity index (χ1v) is 9.29. The van der Waals surface area contributed by atoms with Crippen LogP contribution in [0.4, 0.5) is 15.8 Å². The zero-order valence-corrected chi connectivity index (χ0v) is 15.4. The topological polar surface area (TPSA) is 53.6 Å². The molecule has 2 aromatic carbocycles. The van der Waals surface area contributed by atoms with Crippen LogP contribution in [0, 0.1) is 5.82 Å². The number of benzene rings is 2. The van der Waals surface area contributed by atoms with E-state index in [9.17, 15) is 4.39 Å². The van der Waals surface area contributed by atoms with Gasteiger partial charge in [0.2, 0.25) is 0 Å². The van der Waals surface area contributed by atoms with Gasteiger partial charge in [0.25, 0.3) is 0 Å². The lowest BCUT2D eigenvalue weighted by Crippen LogP contribution is -1.92. The van der Waals surface area contributed by atoms with Crippen LogP contribution in [0.15, 0.2) is 91.4 Å². The Morgan fingerprint density at radius 1 is 0.759 bits per heavy atom. The number of hydrogen-bond acceptors (Lipinski definition) is 3. The van der Waals surface area contributed by atoms with Gasteiger partial charge in [-0.2, -0.15) is 0 Å². The smallest absolute Gasteiger partial charge is 0.140 e. The Bertz CT molecular complexity index is 1260. The quantitative estimate of drug-likeness (QED) is 0.392. The van der Waals surface area contributed by atoms with E-state index in [1.54, 1.807) is 30.7 Å². The summed E-state index contributed by atoms with van der Waals surface area (Å²) < 4.78 is 13.5. The summed E-state index contributed by atoms with van der Waals surface area (Å²) in [7, 11) is 0. The lowest BCUT2D eigenvalue weighted by Gasteiger charge is -2.10. The highest BCUT2D eigenvalue weighted by molar-refractivity contribution is 6.09. The molecule has 4 nitrogen and oxygen atoms in total. The molecule has 0 saturated carbocycles. The van der Waals surface area contributed by atoms with Crippen LogP contribution < -0.4 is 5.32 Å². The second-order valence-corrected chi connectivity index (χ2v) is 6.69. The molecule has 0 aliphatic heterocycles. The first kappa shape index (κ1) is 17.1. The molecule has 0 fully saturated rings. The van der Waals surface area contributed by atoms with Crippen molar-refractivity contribution in [3.63, 3.8) is 0 Å². The van der Waals surface area contributed by atoms with Crippen molar-refractivity contribution in [2.45, 2.75) is 0 Å². The molecule has 0 spiro atoms. The van der Waals surface area contributed by atoms with Crippen LogP contribution in [0.3, 0.4) is 0 Å². The predicted molar refractivity (Wildman–Crippen MR) is 114 cm³/mol. The van der Waals surface area contributed by atoms with Gasteiger partial charge < -0.3 is 10.3 Å². The normalized spacial score (nSPS) is 10.9. The average Bonchev–Trinajstić information content (AvgIpc) is 3.16. The summed E-state index contributed by atoms with van der Waals surface area (Å²) in [5, 5.41) is 4.47. The number of H-pyrrole nitrogens is 1. The Hall–Kier alpha value is -3.99. The van der Waals surface area contributed by atoms with Crippen LogP contribution in [-0.2, 0) is 0 Å². The fraction of sp³-hybridized carbons (Fsp3) is 0. The van der Waals surface area contributed by atoms with E-state index in [4.69, 9.17) is 0 Å². The standard InChI is InChI=1S/C24H17FN4/c25-18-8-6-17(7-9-18)23-21(16-10-13-26-14-11-16)22-20(12-15-27-24(22)29-23)28-19-4-2-1-3-5-19/h1-15H,(H2,27,28,29). The number of hydrogen-bond donors (Lipinski definition) is 2. The molecule has 3 aromatic heterocycles. The van der Waals surface area contributed by atoms with Crippen molar-refractivity contribution in [3.8, 4) is 22.4 Å². The van der Waals surface area contributed by atoms with Gasteiger partial charge in [-0.05, 0) is 65.7 Å². The number of halogens is 1. The van der Waals surface area contributed by atoms with Gasteiger partial charge in [0.15, 0.2) is 0 Å². The van der Waals surface area contributed by atoms with E-state index in [-0.39, 0.29) is 5.82 Å². The predicted octanol–water partition coefficient (Wildman–Crippen LogP) is 6.17. The Balaban J connectivity index is 1.77. The Morgan fingerprint density at radius 3 is 2.28 bits per heavy atom. The highest BCUT2D eigenvalue weighted by Gasteiger charge is 2.19. The summed E-state index contributed by atoms with van der Waals surface area (Å²) in [4.78, 5) is 12.1. The van der Waals surface area contributed by atoms with E-state index >= 15 is 0 Å². The molecule has 0 amide bonds. The zero-order valence-electron chi connectivity index (χ0n) is 15.4. The van der Waals surface area contributed by atoms with Gasteiger partial charge in [-0.1, -0.05) is 18.2 Å². The van der Waals surface area contributed by atoms with Crippen LogP contribution in [0.25, 0.3) is 33.4 Å². The van der Waals surface area contributed by atoms with Crippen LogP contribution in [0.5, 0.6) is 0 Å². The van der Waals surface area contributed by atoms with Gasteiger partial charge in [-0.3, -0.25) is 4.98 Å². The molecule has 0 aliphatic rings. The number of rotatable bonds is 4. The van der Waals surface area contributed by atoms with Crippen LogP contribution in [0.2, 0.25) is 0 Å². The fourth-order valence-corrected chi connectivity index (χ4v) is 3.54. The molecule has 5 aromatic rings. The first-order valence-electron chi connectivity index (χ1n) is 9.29. The minimum Gasteiger partial charge on any atom is -0.355 e. The maximum atomic E-state index is 13.5. The van der Waals surface area contributed by atoms with Gasteiger partial charge in [0, 0.05) is 29.8 Å². The van der Waals surface area contributed by atoms with Crippen molar-refractivity contribution in [2.75, 3.05) is 5.32 Å². The van der Waals surface area contributed by atoms with Crippen LogP contribution in [-0.4, -0.2) is 15.0 Å². The van der Waals surface area contributed by atoms with Crippen molar-refractivity contribution >= 4 is 22.4 Å². The minimum absolute atomic E-state index is 0.264. The number of nitrogens with zero attached hydrogens (tertiary/aromatic N) is 2. The number of aromatic amines is 1. The summed E-state index contributed by atoms with van der Waals surface area (Å²) in [6, 6.07) is 22.4. The van der Waals surface area contributed by atoms with Crippen molar-refractivity contribution in [1.82, 2.24) is 15.0 Å². The maximum Gasteiger partial charge on any atom is 0.140 e. The molecule has 0 bridgehead atoms. The Morgan fingerprint density at radius 2 is 1.52 bits per heavy atom. The third kappa shape index (κ3) is 3.23. The molecule has 140 valence electrons. The summed E-state index contributed by atoms with van der Waals surface area (Å²) in [5.41, 5.74) is 6.48. The molecule has 0 atom stereocenters. The number of anilines is 2. The maximum absolute atomic E-state index is 13.5. The summed E-state index contributed by atoms with van der Waals surface area (Å²) >= 11 is 0. The van der Waals surface area contributed by atoms with E-state index in [1.165, 1.54) is 12.1 Å². The average molecular weight is 380 g/mol. The van der Waals surface area contributed by atoms with E-state index in [2.05, 4.69) is 20.3 Å². The Kier molecular flexibility index (Phi) is 4.26. The number of para-hydroxylation sites is 1. The summed E-state index contributed by atoms with van der Waals surface area (Å²) in [6.45, 7) is 0. The van der Waals surface area contributed by atoms with E-state index < -0.39 is 0 Å². The van der Waals surface area contributed by atoms with Crippen LogP contribution >= 0.6 is 0 Å². The zero-order chi connectivity index (χ0) is 19.6. The van der Waals surface area contributed by atoms with Crippen molar-refractivity contribution in [1.29, 1.82) is 0 Å². The fourth-order valence-electron chi connectivity index (χ4n) is 3.54. The van der Waals surface area contributed by atoms with Gasteiger partial charge in [-0.25, -0.2) is 9.37 Å². The van der Waals surface area contributed by atoms with Gasteiger partial charge in [0.05, 0.1) is 16.8 Å². The van der Waals surface area contributed by atoms with Crippen molar-refractivity contribution in [2.24, 2.45) is 0 Å². The molecular weight excluding hydrogens is 363 g/mol. The second-order valence-electron chi connectivity index (χ2n) is 6.69. The molecule has 3 heterocycles. The molecule has 0 radical (unpaired) electrons. The van der Waals surface area contributed by atoms with Gasteiger partial charge in [0.1, 0.15) is 11.5 Å². The summed E-state index contributed by atoms with van der Waals surface area (Å²) in [5.74, 6) is -0.264. The molecule has 0 aliphatic carbocycles. The molecular formula is C24H17FN4. The molecule has 2 N–H and O–H groups in total. The number of pyridine rings is 2. The molecule has 0 saturated heterocycles. The minimum atomic E-state index is -0.264. The summed E-state index contributed by atoms with van der Waals surface area (Å²) in [6.07, 6.45) is 5.31. The van der Waals surface area contributed by atoms with Crippen LogP contribution in [0.1, 0.15) is 0 Å². The highest BCUT2D eigenvalue weighted by Crippen LogP contribution is 2.41. The second kappa shape index (κ2) is 7.20. The lowest BCUT2D eigenvalue weighted by molar-refractivity contribution is 0.628.